The maximum absolute atomic E-state index is 13.4. The molecular weight excluding hydrogens is 442 g/mol. The number of aliphatic hydroxyl groups excluding tert-OH is 1. The molecule has 2 heterocycles. The summed E-state index contributed by atoms with van der Waals surface area (Å²) in [4.78, 5) is 28.2. The molecule has 178 valence electrons. The van der Waals surface area contributed by atoms with Gasteiger partial charge in [-0.3, -0.25) is 14.5 Å². The first-order valence-electron chi connectivity index (χ1n) is 11.8. The smallest absolute Gasteiger partial charge is 0.300 e. The van der Waals surface area contributed by atoms with Crippen LogP contribution in [0.2, 0.25) is 0 Å². The zero-order chi connectivity index (χ0) is 24.7. The molecule has 1 N–H and O–H groups in total. The Balaban J connectivity index is 1.69. The van der Waals surface area contributed by atoms with E-state index in [1.807, 2.05) is 69.3 Å². The van der Waals surface area contributed by atoms with Crippen molar-refractivity contribution in [3.63, 3.8) is 0 Å². The van der Waals surface area contributed by atoms with E-state index in [2.05, 4.69) is 0 Å². The van der Waals surface area contributed by atoms with Gasteiger partial charge in [-0.15, -0.1) is 0 Å². The maximum Gasteiger partial charge on any atom is 0.300 e. The minimum Gasteiger partial charge on any atom is -0.507 e. The van der Waals surface area contributed by atoms with Gasteiger partial charge in [-0.05, 0) is 79.9 Å². The van der Waals surface area contributed by atoms with Crippen molar-refractivity contribution in [3.8, 4) is 11.5 Å². The Kier molecular flexibility index (Phi) is 5.81. The van der Waals surface area contributed by atoms with Crippen LogP contribution in [0.3, 0.4) is 0 Å². The summed E-state index contributed by atoms with van der Waals surface area (Å²) < 4.78 is 11.5. The monoisotopic (exact) mass is 469 g/mol. The molecule has 0 radical (unpaired) electrons. The van der Waals surface area contributed by atoms with Crippen molar-refractivity contribution in [3.05, 3.63) is 94.6 Å². The van der Waals surface area contributed by atoms with Crippen LogP contribution in [-0.2, 0) is 16.0 Å². The van der Waals surface area contributed by atoms with E-state index in [9.17, 15) is 14.7 Å². The number of carbonyl (C=O) groups excluding carboxylic acids is 2. The molecule has 1 saturated heterocycles. The molecule has 6 heteroatoms. The highest BCUT2D eigenvalue weighted by atomic mass is 16.5. The number of Topliss-reactive ketones (excluding diaryl/α,β-unsaturated/α-hetero) is 1. The molecule has 2 unspecified atom stereocenters. The Morgan fingerprint density at radius 1 is 1.09 bits per heavy atom. The molecular formula is C29H27NO5. The third kappa shape index (κ3) is 4.05. The summed E-state index contributed by atoms with van der Waals surface area (Å²) in [5.74, 6) is -0.200. The van der Waals surface area contributed by atoms with Crippen molar-refractivity contribution in [2.24, 2.45) is 0 Å². The van der Waals surface area contributed by atoms with Crippen LogP contribution >= 0.6 is 0 Å². The van der Waals surface area contributed by atoms with Gasteiger partial charge in [0.25, 0.3) is 11.7 Å². The highest BCUT2D eigenvalue weighted by molar-refractivity contribution is 6.51. The molecule has 0 aromatic heterocycles. The number of anilines is 1. The Labute approximate surface area is 204 Å². The van der Waals surface area contributed by atoms with Gasteiger partial charge in [-0.2, -0.15) is 0 Å². The molecule has 35 heavy (non-hydrogen) atoms. The number of nitrogens with zero attached hydrogens (tertiary/aromatic N) is 1. The third-order valence-corrected chi connectivity index (χ3v) is 6.38. The Morgan fingerprint density at radius 3 is 2.66 bits per heavy atom. The minimum absolute atomic E-state index is 0.0515. The molecule has 2 aliphatic rings. The number of hydrogen-bond donors (Lipinski definition) is 1. The number of ether oxygens (including phenoxy) is 2. The van der Waals surface area contributed by atoms with Gasteiger partial charge in [0.05, 0.1) is 18.2 Å². The van der Waals surface area contributed by atoms with Gasteiger partial charge in [-0.1, -0.05) is 24.3 Å². The van der Waals surface area contributed by atoms with Gasteiger partial charge in [-0.25, -0.2) is 0 Å². The number of benzene rings is 3. The average molecular weight is 470 g/mol. The zero-order valence-electron chi connectivity index (χ0n) is 19.9. The van der Waals surface area contributed by atoms with Crippen molar-refractivity contribution in [1.82, 2.24) is 0 Å². The van der Waals surface area contributed by atoms with E-state index in [1.165, 1.54) is 4.90 Å². The molecule has 2 aliphatic heterocycles. The first-order chi connectivity index (χ1) is 16.9. The van der Waals surface area contributed by atoms with E-state index in [-0.39, 0.29) is 17.4 Å². The fourth-order valence-electron chi connectivity index (χ4n) is 4.86. The first-order valence-corrected chi connectivity index (χ1v) is 11.8. The number of amides is 1. The van der Waals surface area contributed by atoms with Crippen molar-refractivity contribution >= 4 is 23.1 Å². The van der Waals surface area contributed by atoms with Crippen molar-refractivity contribution in [2.75, 3.05) is 11.5 Å². The molecule has 1 fully saturated rings. The fourth-order valence-corrected chi connectivity index (χ4v) is 4.86. The second kappa shape index (κ2) is 8.95. The van der Waals surface area contributed by atoms with Crippen LogP contribution in [0.5, 0.6) is 11.5 Å². The zero-order valence-corrected chi connectivity index (χ0v) is 19.9. The van der Waals surface area contributed by atoms with Crippen molar-refractivity contribution < 1.29 is 24.2 Å². The summed E-state index contributed by atoms with van der Waals surface area (Å²) in [6, 6.07) is 19.3. The lowest BCUT2D eigenvalue weighted by atomic mass is 9.94. The van der Waals surface area contributed by atoms with Crippen LogP contribution in [0, 0.1) is 6.92 Å². The highest BCUT2D eigenvalue weighted by Gasteiger charge is 2.47. The number of fused-ring (bicyclic) bond motifs is 1. The van der Waals surface area contributed by atoms with Crippen molar-refractivity contribution in [2.45, 2.75) is 39.3 Å². The lowest BCUT2D eigenvalue weighted by Gasteiger charge is -2.26. The number of ketones is 1. The van der Waals surface area contributed by atoms with Crippen LogP contribution in [0.25, 0.3) is 5.76 Å². The largest absolute Gasteiger partial charge is 0.507 e. The second-order valence-corrected chi connectivity index (χ2v) is 8.97. The van der Waals surface area contributed by atoms with Gasteiger partial charge < -0.3 is 14.6 Å². The average Bonchev–Trinajstić information content (AvgIpc) is 3.34. The summed E-state index contributed by atoms with van der Waals surface area (Å²) in [7, 11) is 0. The Bertz CT molecular complexity index is 1360. The third-order valence-electron chi connectivity index (χ3n) is 6.38. The number of carbonyl (C=O) groups is 2. The van der Waals surface area contributed by atoms with E-state index in [4.69, 9.17) is 9.47 Å². The predicted octanol–water partition coefficient (Wildman–Crippen LogP) is 5.34. The number of hydrogen-bond acceptors (Lipinski definition) is 5. The maximum atomic E-state index is 13.4. The van der Waals surface area contributed by atoms with E-state index < -0.39 is 17.7 Å². The first kappa shape index (κ1) is 22.7. The minimum atomic E-state index is -0.805. The normalized spacial score (nSPS) is 20.6. The predicted molar refractivity (Wildman–Crippen MR) is 134 cm³/mol. The van der Waals surface area contributed by atoms with Gasteiger partial charge >= 0.3 is 0 Å². The quantitative estimate of drug-likeness (QED) is 0.310. The molecule has 6 nitrogen and oxygen atoms in total. The Hall–Kier alpha value is -4.06. The van der Waals surface area contributed by atoms with Gasteiger partial charge in [0.15, 0.2) is 0 Å². The van der Waals surface area contributed by atoms with E-state index >= 15 is 0 Å². The van der Waals surface area contributed by atoms with Crippen LogP contribution < -0.4 is 14.4 Å². The standard InChI is InChI=1S/C29H27NO5/c1-4-34-23-10-6-8-19(16-23)26-25(27(31)20-11-12-24-21(15-20)14-18(3)35-24)28(32)29(33)30(26)22-9-5-7-17(2)13-22/h5-13,15-16,18,26,31H,4,14H2,1-3H3/b27-25-. The van der Waals surface area contributed by atoms with Gasteiger partial charge in [0, 0.05) is 17.7 Å². The SMILES string of the molecule is CCOc1cccc(C2/C(=C(/O)c3ccc4c(c3)CC(C)O4)C(=O)C(=O)N2c2cccc(C)c2)c1. The number of aryl methyl sites for hydroxylation is 1. The van der Waals surface area contributed by atoms with E-state index in [1.54, 1.807) is 18.2 Å². The molecule has 2 atom stereocenters. The molecule has 1 amide bonds. The van der Waals surface area contributed by atoms with Crippen LogP contribution in [0.15, 0.2) is 72.3 Å². The molecule has 0 aliphatic carbocycles. The van der Waals surface area contributed by atoms with Crippen LogP contribution in [-0.4, -0.2) is 29.5 Å². The highest BCUT2D eigenvalue weighted by Crippen LogP contribution is 2.43. The summed E-state index contributed by atoms with van der Waals surface area (Å²) in [6.45, 7) is 6.29. The topological polar surface area (TPSA) is 76.1 Å². The molecule has 0 saturated carbocycles. The van der Waals surface area contributed by atoms with Crippen LogP contribution in [0.4, 0.5) is 5.69 Å². The summed E-state index contributed by atoms with van der Waals surface area (Å²) in [5.41, 5.74) is 3.72. The number of rotatable bonds is 5. The van der Waals surface area contributed by atoms with Gasteiger partial charge in [0.1, 0.15) is 23.4 Å². The lowest BCUT2D eigenvalue weighted by Crippen LogP contribution is -2.29. The fraction of sp³-hybridized carbons (Fsp3) is 0.241. The lowest BCUT2D eigenvalue weighted by molar-refractivity contribution is -0.132. The van der Waals surface area contributed by atoms with Gasteiger partial charge in [0.2, 0.25) is 0 Å². The summed E-state index contributed by atoms with van der Waals surface area (Å²) in [6.07, 6.45) is 0.768. The molecule has 0 bridgehead atoms. The molecule has 3 aromatic rings. The van der Waals surface area contributed by atoms with E-state index in [0.717, 1.165) is 16.9 Å². The second-order valence-electron chi connectivity index (χ2n) is 8.97. The number of aliphatic hydroxyl groups is 1. The molecule has 3 aromatic carbocycles. The van der Waals surface area contributed by atoms with Crippen molar-refractivity contribution in [1.29, 1.82) is 0 Å². The summed E-state index contributed by atoms with van der Waals surface area (Å²) >= 11 is 0. The Morgan fingerprint density at radius 2 is 1.89 bits per heavy atom. The molecule has 0 spiro atoms. The molecule has 5 rings (SSSR count). The summed E-state index contributed by atoms with van der Waals surface area (Å²) in [5, 5.41) is 11.4. The van der Waals surface area contributed by atoms with Crippen LogP contribution in [0.1, 0.15) is 42.1 Å². The van der Waals surface area contributed by atoms with E-state index in [0.29, 0.717) is 35.6 Å².